The average Bonchev–Trinajstić information content (AvgIpc) is 2.61. The van der Waals surface area contributed by atoms with Gasteiger partial charge >= 0.3 is 5.69 Å². The second-order valence-electron chi connectivity index (χ2n) is 4.16. The van der Waals surface area contributed by atoms with Gasteiger partial charge in [-0.1, -0.05) is 0 Å². The Kier molecular flexibility index (Phi) is 3.33. The van der Waals surface area contributed by atoms with E-state index < -0.39 is 42.5 Å². The third-order valence-electron chi connectivity index (χ3n) is 2.89. The maximum absolute atomic E-state index is 13.8. The molecule has 0 radical (unpaired) electrons. The number of hydrogen-bond donors (Lipinski definition) is 3. The van der Waals surface area contributed by atoms with Gasteiger partial charge in [0.2, 0.25) is 0 Å². The summed E-state index contributed by atoms with van der Waals surface area (Å²) in [5.74, 6) is 0. The summed E-state index contributed by atoms with van der Waals surface area (Å²) >= 11 is 0. The van der Waals surface area contributed by atoms with Crippen LogP contribution in [0.25, 0.3) is 0 Å². The lowest BCUT2D eigenvalue weighted by Gasteiger charge is -2.15. The second kappa shape index (κ2) is 4.63. The lowest BCUT2D eigenvalue weighted by molar-refractivity contribution is -0.0492. The molecule has 2 heterocycles. The van der Waals surface area contributed by atoms with E-state index in [-0.39, 0.29) is 5.56 Å². The molecule has 7 nitrogen and oxygen atoms in total. The lowest BCUT2D eigenvalue weighted by Crippen LogP contribution is -2.36. The number of hydrogen-bond acceptors (Lipinski definition) is 5. The largest absolute Gasteiger partial charge is 0.394 e. The van der Waals surface area contributed by atoms with Crippen LogP contribution in [-0.4, -0.2) is 44.8 Å². The van der Waals surface area contributed by atoms with Gasteiger partial charge in [-0.05, 0) is 6.92 Å². The van der Waals surface area contributed by atoms with Crippen molar-refractivity contribution >= 4 is 0 Å². The number of ether oxygens (including phenoxy) is 1. The van der Waals surface area contributed by atoms with Crippen molar-refractivity contribution in [3.8, 4) is 0 Å². The van der Waals surface area contributed by atoms with Gasteiger partial charge in [0, 0.05) is 11.8 Å². The van der Waals surface area contributed by atoms with Gasteiger partial charge in [0.15, 0.2) is 12.4 Å². The number of H-pyrrole nitrogens is 1. The summed E-state index contributed by atoms with van der Waals surface area (Å²) in [4.78, 5) is 24.7. The van der Waals surface area contributed by atoms with Crippen LogP contribution >= 0.6 is 0 Å². The molecule has 1 aromatic heterocycles. The smallest absolute Gasteiger partial charge is 0.330 e. The summed E-state index contributed by atoms with van der Waals surface area (Å²) in [5.41, 5.74) is -1.18. The molecule has 1 aliphatic rings. The van der Waals surface area contributed by atoms with E-state index in [1.807, 2.05) is 4.98 Å². The highest BCUT2D eigenvalue weighted by Gasteiger charge is 2.45. The predicted octanol–water partition coefficient (Wildman–Crippen LogP) is -1.57. The van der Waals surface area contributed by atoms with E-state index >= 15 is 0 Å². The number of aryl methyl sites for hydroxylation is 1. The highest BCUT2D eigenvalue weighted by Crippen LogP contribution is 2.30. The zero-order valence-electron chi connectivity index (χ0n) is 9.54. The molecule has 100 valence electrons. The van der Waals surface area contributed by atoms with Gasteiger partial charge in [0.1, 0.15) is 12.2 Å². The molecule has 1 saturated heterocycles. The zero-order valence-corrected chi connectivity index (χ0v) is 9.54. The lowest BCUT2D eigenvalue weighted by atomic mass is 10.1. The molecule has 4 atom stereocenters. The molecule has 8 heteroatoms. The quantitative estimate of drug-likeness (QED) is 0.596. The van der Waals surface area contributed by atoms with Crippen molar-refractivity contribution in [1.29, 1.82) is 0 Å². The number of halogens is 1. The van der Waals surface area contributed by atoms with Crippen molar-refractivity contribution in [3.63, 3.8) is 0 Å². The summed E-state index contributed by atoms with van der Waals surface area (Å²) in [7, 11) is 0. The third-order valence-corrected chi connectivity index (χ3v) is 2.89. The Labute approximate surface area is 100 Å². The number of nitrogens with zero attached hydrogens (tertiary/aromatic N) is 1. The van der Waals surface area contributed by atoms with E-state index in [4.69, 9.17) is 9.84 Å². The van der Waals surface area contributed by atoms with E-state index in [2.05, 4.69) is 0 Å². The summed E-state index contributed by atoms with van der Waals surface area (Å²) in [6, 6.07) is 0. The number of aromatic amines is 1. The van der Waals surface area contributed by atoms with Gasteiger partial charge < -0.3 is 14.9 Å². The number of rotatable bonds is 2. The monoisotopic (exact) mass is 260 g/mol. The fourth-order valence-electron chi connectivity index (χ4n) is 1.85. The van der Waals surface area contributed by atoms with Gasteiger partial charge in [-0.15, -0.1) is 0 Å². The normalized spacial score (nSPS) is 31.8. The summed E-state index contributed by atoms with van der Waals surface area (Å²) in [6.45, 7) is 0.895. The van der Waals surface area contributed by atoms with Gasteiger partial charge in [0.05, 0.1) is 6.61 Å². The van der Waals surface area contributed by atoms with Crippen LogP contribution in [0.15, 0.2) is 15.8 Å². The van der Waals surface area contributed by atoms with Crippen molar-refractivity contribution < 1.29 is 19.3 Å². The molecule has 3 N–H and O–H groups in total. The SMILES string of the molecule is Cc1cn([C@@H]2OC(CO)C(O)C2F)c(=O)[nH]c1=O. The fourth-order valence-corrected chi connectivity index (χ4v) is 1.85. The first-order chi connectivity index (χ1) is 8.45. The van der Waals surface area contributed by atoms with Crippen molar-refractivity contribution in [2.75, 3.05) is 6.61 Å². The molecule has 0 saturated carbocycles. The first-order valence-electron chi connectivity index (χ1n) is 5.36. The van der Waals surface area contributed by atoms with Crippen molar-refractivity contribution in [1.82, 2.24) is 9.55 Å². The molecule has 3 unspecified atom stereocenters. The molecule has 0 aromatic carbocycles. The van der Waals surface area contributed by atoms with Crippen molar-refractivity contribution in [2.45, 2.75) is 31.5 Å². The first kappa shape index (κ1) is 12.9. The Hall–Kier alpha value is -1.51. The van der Waals surface area contributed by atoms with Crippen LogP contribution in [0, 0.1) is 6.92 Å². The maximum atomic E-state index is 13.8. The van der Waals surface area contributed by atoms with E-state index in [1.165, 1.54) is 6.92 Å². The Bertz CT molecular complexity index is 554. The van der Waals surface area contributed by atoms with E-state index in [1.54, 1.807) is 0 Å². The summed E-state index contributed by atoms with van der Waals surface area (Å²) in [5, 5.41) is 18.3. The van der Waals surface area contributed by atoms with E-state index in [0.29, 0.717) is 0 Å². The number of nitrogens with one attached hydrogen (secondary N) is 1. The molecule has 1 aromatic rings. The highest BCUT2D eigenvalue weighted by atomic mass is 19.1. The van der Waals surface area contributed by atoms with Crippen LogP contribution in [0.4, 0.5) is 4.39 Å². The van der Waals surface area contributed by atoms with Gasteiger partial charge in [-0.3, -0.25) is 14.3 Å². The molecule has 1 fully saturated rings. The molecule has 0 spiro atoms. The topological polar surface area (TPSA) is 105 Å². The second-order valence-corrected chi connectivity index (χ2v) is 4.16. The van der Waals surface area contributed by atoms with Gasteiger partial charge in [0.25, 0.3) is 5.56 Å². The fraction of sp³-hybridized carbons (Fsp3) is 0.600. The Morgan fingerprint density at radius 1 is 1.56 bits per heavy atom. The van der Waals surface area contributed by atoms with Crippen molar-refractivity contribution in [3.05, 3.63) is 32.6 Å². The van der Waals surface area contributed by atoms with Crippen LogP contribution in [0.1, 0.15) is 11.8 Å². The minimum atomic E-state index is -1.86. The average molecular weight is 260 g/mol. The first-order valence-corrected chi connectivity index (χ1v) is 5.36. The predicted molar refractivity (Wildman–Crippen MR) is 58.0 cm³/mol. The van der Waals surface area contributed by atoms with Gasteiger partial charge in [-0.2, -0.15) is 0 Å². The number of aromatic nitrogens is 2. The number of aliphatic hydroxyl groups excluding tert-OH is 2. The molecular weight excluding hydrogens is 247 g/mol. The minimum absolute atomic E-state index is 0.215. The zero-order chi connectivity index (χ0) is 13.4. The third kappa shape index (κ3) is 1.98. The maximum Gasteiger partial charge on any atom is 0.330 e. The van der Waals surface area contributed by atoms with Gasteiger partial charge in [-0.25, -0.2) is 9.18 Å². The molecule has 0 aliphatic carbocycles. The van der Waals surface area contributed by atoms with Crippen LogP contribution in [-0.2, 0) is 4.74 Å². The van der Waals surface area contributed by atoms with E-state index in [9.17, 15) is 19.1 Å². The summed E-state index contributed by atoms with van der Waals surface area (Å²) < 4.78 is 19.7. The van der Waals surface area contributed by atoms with Crippen LogP contribution in [0.3, 0.4) is 0 Å². The molecule has 18 heavy (non-hydrogen) atoms. The Balaban J connectivity index is 2.42. The molecule has 2 rings (SSSR count). The molecule has 0 amide bonds. The van der Waals surface area contributed by atoms with Crippen LogP contribution in [0.5, 0.6) is 0 Å². The number of aliphatic hydroxyl groups is 2. The standard InChI is InChI=1S/C10H13FN2O5/c1-4-2-13(10(17)12-8(4)16)9-6(11)7(15)5(3-14)18-9/h2,5-7,9,14-15H,3H2,1H3,(H,12,16,17)/t5?,6?,7?,9-/m1/s1. The van der Waals surface area contributed by atoms with Crippen molar-refractivity contribution in [2.24, 2.45) is 0 Å². The molecule has 1 aliphatic heterocycles. The minimum Gasteiger partial charge on any atom is -0.394 e. The van der Waals surface area contributed by atoms with E-state index in [0.717, 1.165) is 10.8 Å². The highest BCUT2D eigenvalue weighted by molar-refractivity contribution is 5.03. The Morgan fingerprint density at radius 2 is 2.22 bits per heavy atom. The number of alkyl halides is 1. The molecule has 0 bridgehead atoms. The van der Waals surface area contributed by atoms with Crippen LogP contribution in [0.2, 0.25) is 0 Å². The van der Waals surface area contributed by atoms with Crippen LogP contribution < -0.4 is 11.2 Å². The Morgan fingerprint density at radius 3 is 2.78 bits per heavy atom. The molecular formula is C10H13FN2O5. The summed E-state index contributed by atoms with van der Waals surface area (Å²) in [6.07, 6.45) is -4.67.